The van der Waals surface area contributed by atoms with Gasteiger partial charge in [-0.25, -0.2) is 4.39 Å². The first-order chi connectivity index (χ1) is 5.56. The highest BCUT2D eigenvalue weighted by atomic mass is 35.5. The third-order valence-corrected chi connectivity index (χ3v) is 1.95. The van der Waals surface area contributed by atoms with Crippen LogP contribution in [0.3, 0.4) is 0 Å². The molecule has 1 aromatic rings. The molecule has 0 amide bonds. The summed E-state index contributed by atoms with van der Waals surface area (Å²) in [5, 5.41) is 8.51. The molecule has 0 aliphatic rings. The minimum absolute atomic E-state index is 0.370. The number of halogens is 3. The second-order valence-corrected chi connectivity index (χ2v) is 3.52. The third-order valence-electron chi connectivity index (χ3n) is 1.35. The first-order valence-electron chi connectivity index (χ1n) is 3.11. The summed E-state index contributed by atoms with van der Waals surface area (Å²) in [7, 11) is 0. The summed E-state index contributed by atoms with van der Waals surface area (Å²) in [5.74, 6) is -0.388. The Labute approximate surface area is 79.3 Å². The molecule has 0 saturated heterocycles. The van der Waals surface area contributed by atoms with Crippen molar-refractivity contribution in [3.63, 3.8) is 0 Å². The van der Waals surface area contributed by atoms with Crippen molar-refractivity contribution in [1.29, 1.82) is 5.26 Å². The highest BCUT2D eigenvalue weighted by Gasteiger charge is 2.25. The van der Waals surface area contributed by atoms with Crippen LogP contribution in [0.25, 0.3) is 0 Å². The van der Waals surface area contributed by atoms with Gasteiger partial charge in [-0.05, 0) is 12.1 Å². The molecule has 1 aromatic carbocycles. The van der Waals surface area contributed by atoms with Crippen LogP contribution in [0.2, 0.25) is 0 Å². The topological polar surface area (TPSA) is 23.8 Å². The molecule has 0 heterocycles. The molecule has 0 N–H and O–H groups in total. The highest BCUT2D eigenvalue weighted by Crippen LogP contribution is 2.32. The maximum Gasteiger partial charge on any atom is 0.228 e. The summed E-state index contributed by atoms with van der Waals surface area (Å²) >= 11 is 11.2. The van der Waals surface area contributed by atoms with E-state index in [2.05, 4.69) is 0 Å². The molecule has 0 saturated carbocycles. The zero-order valence-corrected chi connectivity index (χ0v) is 7.40. The molecule has 0 atom stereocenters. The second-order valence-electron chi connectivity index (χ2n) is 2.19. The van der Waals surface area contributed by atoms with Crippen LogP contribution in [0.15, 0.2) is 24.3 Å². The summed E-state index contributed by atoms with van der Waals surface area (Å²) in [5.41, 5.74) is 0.370. The molecule has 1 nitrogen and oxygen atoms in total. The fraction of sp³-hybridized carbons (Fsp3) is 0.125. The van der Waals surface area contributed by atoms with Crippen LogP contribution in [0.5, 0.6) is 0 Å². The standard InChI is InChI=1S/C8H4Cl2FN/c9-8(10,5-12)6-1-3-7(11)4-2-6/h1-4H. The van der Waals surface area contributed by atoms with Gasteiger partial charge in [0.1, 0.15) is 11.9 Å². The SMILES string of the molecule is N#CC(Cl)(Cl)c1ccc(F)cc1. The van der Waals surface area contributed by atoms with Crippen LogP contribution in [0, 0.1) is 17.1 Å². The molecule has 0 aromatic heterocycles. The Kier molecular flexibility index (Phi) is 2.56. The maximum absolute atomic E-state index is 12.4. The zero-order valence-electron chi connectivity index (χ0n) is 5.89. The predicted octanol–water partition coefficient (Wildman–Crippen LogP) is 2.98. The van der Waals surface area contributed by atoms with E-state index in [9.17, 15) is 4.39 Å². The molecular formula is C8H4Cl2FN. The van der Waals surface area contributed by atoms with Crippen LogP contribution in [0.1, 0.15) is 5.56 Å². The van der Waals surface area contributed by atoms with Gasteiger partial charge < -0.3 is 0 Å². The molecule has 62 valence electrons. The highest BCUT2D eigenvalue weighted by molar-refractivity contribution is 6.49. The summed E-state index contributed by atoms with van der Waals surface area (Å²) in [4.78, 5) is 0. The van der Waals surface area contributed by atoms with Crippen molar-refractivity contribution in [2.24, 2.45) is 0 Å². The van der Waals surface area contributed by atoms with Gasteiger partial charge in [0.15, 0.2) is 0 Å². The molecule has 0 aliphatic carbocycles. The molecule has 12 heavy (non-hydrogen) atoms. The fourth-order valence-corrected chi connectivity index (χ4v) is 0.976. The predicted molar refractivity (Wildman–Crippen MR) is 45.4 cm³/mol. The van der Waals surface area contributed by atoms with E-state index in [1.165, 1.54) is 24.3 Å². The van der Waals surface area contributed by atoms with Gasteiger partial charge in [-0.15, -0.1) is 0 Å². The van der Waals surface area contributed by atoms with E-state index in [1.807, 2.05) is 0 Å². The summed E-state index contributed by atoms with van der Waals surface area (Å²) in [6.45, 7) is 0. The number of nitrogens with zero attached hydrogens (tertiary/aromatic N) is 1. The van der Waals surface area contributed by atoms with E-state index in [0.29, 0.717) is 5.56 Å². The van der Waals surface area contributed by atoms with E-state index in [-0.39, 0.29) is 5.82 Å². The van der Waals surface area contributed by atoms with Crippen molar-refractivity contribution in [1.82, 2.24) is 0 Å². The van der Waals surface area contributed by atoms with Gasteiger partial charge in [-0.3, -0.25) is 0 Å². The maximum atomic E-state index is 12.4. The lowest BCUT2D eigenvalue weighted by molar-refractivity contribution is 0.627. The Hall–Kier alpha value is -0.780. The minimum atomic E-state index is -1.59. The quantitative estimate of drug-likeness (QED) is 0.645. The number of hydrogen-bond donors (Lipinski definition) is 0. The number of alkyl halides is 2. The smallest absolute Gasteiger partial charge is 0.207 e. The molecule has 4 heteroatoms. The minimum Gasteiger partial charge on any atom is -0.207 e. The molecule has 0 aliphatic heterocycles. The Bertz CT molecular complexity index is 313. The lowest BCUT2D eigenvalue weighted by Crippen LogP contribution is -2.05. The average molecular weight is 204 g/mol. The third kappa shape index (κ3) is 1.88. The number of hydrogen-bond acceptors (Lipinski definition) is 1. The first kappa shape index (κ1) is 9.31. The molecule has 0 fully saturated rings. The van der Waals surface area contributed by atoms with E-state index in [0.717, 1.165) is 0 Å². The van der Waals surface area contributed by atoms with Crippen molar-refractivity contribution >= 4 is 23.2 Å². The average Bonchev–Trinajstić information content (AvgIpc) is 2.05. The molecular weight excluding hydrogens is 200 g/mol. The van der Waals surface area contributed by atoms with Gasteiger partial charge in [0.25, 0.3) is 0 Å². The van der Waals surface area contributed by atoms with Crippen LogP contribution >= 0.6 is 23.2 Å². The Morgan fingerprint density at radius 2 is 1.75 bits per heavy atom. The van der Waals surface area contributed by atoms with Crippen molar-refractivity contribution < 1.29 is 4.39 Å². The van der Waals surface area contributed by atoms with Gasteiger partial charge in [0.2, 0.25) is 4.33 Å². The lowest BCUT2D eigenvalue weighted by atomic mass is 10.1. The van der Waals surface area contributed by atoms with Crippen molar-refractivity contribution in [2.45, 2.75) is 4.33 Å². The van der Waals surface area contributed by atoms with Crippen LogP contribution in [0.4, 0.5) is 4.39 Å². The van der Waals surface area contributed by atoms with Gasteiger partial charge in [0.05, 0.1) is 0 Å². The summed E-state index contributed by atoms with van der Waals surface area (Å²) in [6.07, 6.45) is 0. The monoisotopic (exact) mass is 203 g/mol. The van der Waals surface area contributed by atoms with Crippen molar-refractivity contribution in [2.75, 3.05) is 0 Å². The van der Waals surface area contributed by atoms with Gasteiger partial charge in [-0.2, -0.15) is 5.26 Å². The van der Waals surface area contributed by atoms with Crippen LogP contribution in [-0.4, -0.2) is 0 Å². The summed E-state index contributed by atoms with van der Waals surface area (Å²) in [6, 6.07) is 6.83. The van der Waals surface area contributed by atoms with Crippen molar-refractivity contribution in [3.8, 4) is 6.07 Å². The van der Waals surface area contributed by atoms with Crippen LogP contribution < -0.4 is 0 Å². The Morgan fingerprint density at radius 1 is 1.25 bits per heavy atom. The summed E-state index contributed by atoms with van der Waals surface area (Å²) < 4.78 is 10.8. The van der Waals surface area contributed by atoms with E-state index in [4.69, 9.17) is 28.5 Å². The Morgan fingerprint density at radius 3 is 2.17 bits per heavy atom. The Balaban J connectivity index is 3.07. The molecule has 0 unspecified atom stereocenters. The normalized spacial score (nSPS) is 10.8. The zero-order chi connectivity index (χ0) is 9.19. The number of nitriles is 1. The van der Waals surface area contributed by atoms with E-state index < -0.39 is 4.33 Å². The van der Waals surface area contributed by atoms with E-state index >= 15 is 0 Å². The van der Waals surface area contributed by atoms with Gasteiger partial charge in [0, 0.05) is 5.56 Å². The van der Waals surface area contributed by atoms with Crippen LogP contribution in [-0.2, 0) is 4.33 Å². The number of benzene rings is 1. The second kappa shape index (κ2) is 3.30. The molecule has 1 rings (SSSR count). The fourth-order valence-electron chi connectivity index (χ4n) is 0.724. The first-order valence-corrected chi connectivity index (χ1v) is 3.87. The van der Waals surface area contributed by atoms with Crippen molar-refractivity contribution in [3.05, 3.63) is 35.6 Å². The largest absolute Gasteiger partial charge is 0.228 e. The molecule has 0 radical (unpaired) electrons. The van der Waals surface area contributed by atoms with Gasteiger partial charge >= 0.3 is 0 Å². The molecule has 0 spiro atoms. The number of rotatable bonds is 1. The lowest BCUT2D eigenvalue weighted by Gasteiger charge is -2.09. The van der Waals surface area contributed by atoms with Gasteiger partial charge in [-0.1, -0.05) is 35.3 Å². The van der Waals surface area contributed by atoms with E-state index in [1.54, 1.807) is 6.07 Å². The molecule has 0 bridgehead atoms.